The number of anilines is 1. The Hall–Kier alpha value is -2.50. The minimum absolute atomic E-state index is 0.331. The van der Waals surface area contributed by atoms with Crippen LogP contribution in [0.3, 0.4) is 0 Å². The van der Waals surface area contributed by atoms with Crippen molar-refractivity contribution in [2.75, 3.05) is 11.9 Å². The number of aromatic nitrogens is 3. The molecule has 0 unspecified atom stereocenters. The van der Waals surface area contributed by atoms with E-state index in [1.807, 2.05) is 19.1 Å². The second kappa shape index (κ2) is 6.78. The van der Waals surface area contributed by atoms with E-state index in [1.165, 1.54) is 6.20 Å². The van der Waals surface area contributed by atoms with Crippen LogP contribution >= 0.6 is 0 Å². The number of carbonyl (C=O) groups excluding carboxylic acids is 1. The third-order valence-electron chi connectivity index (χ3n) is 3.01. The molecule has 0 atom stereocenters. The Morgan fingerprint density at radius 2 is 2.14 bits per heavy atom. The molecule has 2 rings (SSSR count). The molecular weight excluding hydrogens is 268 g/mol. The largest absolute Gasteiger partial charge is 0.462 e. The summed E-state index contributed by atoms with van der Waals surface area (Å²) >= 11 is 0. The summed E-state index contributed by atoms with van der Waals surface area (Å²) in [5, 5.41) is 3.10. The average molecular weight is 286 g/mol. The number of pyridine rings is 1. The van der Waals surface area contributed by atoms with Gasteiger partial charge in [0.25, 0.3) is 0 Å². The van der Waals surface area contributed by atoms with Crippen LogP contribution in [-0.4, -0.2) is 27.5 Å². The fourth-order valence-electron chi connectivity index (χ4n) is 1.83. The molecule has 0 radical (unpaired) electrons. The first-order chi connectivity index (χ1) is 10.1. The fraction of sp³-hybridized carbons (Fsp3) is 0.333. The molecule has 2 aromatic heterocycles. The molecule has 21 heavy (non-hydrogen) atoms. The van der Waals surface area contributed by atoms with Crippen LogP contribution in [0, 0.1) is 13.8 Å². The van der Waals surface area contributed by atoms with Crippen molar-refractivity contribution in [2.24, 2.45) is 0 Å². The van der Waals surface area contributed by atoms with Crippen LogP contribution in [-0.2, 0) is 11.3 Å². The molecule has 0 bridgehead atoms. The van der Waals surface area contributed by atoms with E-state index < -0.39 is 5.97 Å². The Morgan fingerprint density at radius 3 is 2.81 bits per heavy atom. The van der Waals surface area contributed by atoms with Crippen LogP contribution in [0.25, 0.3) is 0 Å². The van der Waals surface area contributed by atoms with Crippen LogP contribution < -0.4 is 5.32 Å². The van der Waals surface area contributed by atoms with E-state index in [1.54, 1.807) is 20.0 Å². The summed E-state index contributed by atoms with van der Waals surface area (Å²) in [6.07, 6.45) is 3.23. The van der Waals surface area contributed by atoms with Crippen molar-refractivity contribution in [3.8, 4) is 0 Å². The van der Waals surface area contributed by atoms with E-state index >= 15 is 0 Å². The summed E-state index contributed by atoms with van der Waals surface area (Å²) in [7, 11) is 0. The van der Waals surface area contributed by atoms with E-state index in [9.17, 15) is 4.79 Å². The standard InChI is InChI=1S/C15H18N4O2/c1-4-21-14(20)12-8-17-15(19-11(12)3)18-9-13-10(2)6-5-7-16-13/h5-8H,4,9H2,1-3H3,(H,17,18,19). The number of carbonyl (C=O) groups is 1. The SMILES string of the molecule is CCOC(=O)c1cnc(NCc2ncccc2C)nc1C. The van der Waals surface area contributed by atoms with E-state index in [4.69, 9.17) is 4.74 Å². The Morgan fingerprint density at radius 1 is 1.33 bits per heavy atom. The van der Waals surface area contributed by atoms with Gasteiger partial charge in [-0.3, -0.25) is 4.98 Å². The zero-order chi connectivity index (χ0) is 15.2. The molecule has 2 aromatic rings. The van der Waals surface area contributed by atoms with Crippen LogP contribution in [0.5, 0.6) is 0 Å². The maximum atomic E-state index is 11.7. The molecule has 0 aromatic carbocycles. The summed E-state index contributed by atoms with van der Waals surface area (Å²) in [4.78, 5) is 24.4. The van der Waals surface area contributed by atoms with Crippen molar-refractivity contribution in [1.29, 1.82) is 0 Å². The zero-order valence-electron chi connectivity index (χ0n) is 12.4. The Bertz CT molecular complexity index is 643. The highest BCUT2D eigenvalue weighted by atomic mass is 16.5. The number of rotatable bonds is 5. The first-order valence-electron chi connectivity index (χ1n) is 6.77. The molecule has 6 nitrogen and oxygen atoms in total. The fourth-order valence-corrected chi connectivity index (χ4v) is 1.83. The lowest BCUT2D eigenvalue weighted by molar-refractivity contribution is 0.0524. The van der Waals surface area contributed by atoms with Gasteiger partial charge in [0.05, 0.1) is 30.1 Å². The van der Waals surface area contributed by atoms with Crippen molar-refractivity contribution < 1.29 is 9.53 Å². The predicted molar refractivity (Wildman–Crippen MR) is 79.0 cm³/mol. The van der Waals surface area contributed by atoms with Crippen molar-refractivity contribution in [3.63, 3.8) is 0 Å². The molecule has 0 spiro atoms. The molecule has 0 aliphatic heterocycles. The number of nitrogens with one attached hydrogen (secondary N) is 1. The van der Waals surface area contributed by atoms with Gasteiger partial charge < -0.3 is 10.1 Å². The highest BCUT2D eigenvalue weighted by Gasteiger charge is 2.12. The van der Waals surface area contributed by atoms with Crippen LogP contribution in [0.2, 0.25) is 0 Å². The van der Waals surface area contributed by atoms with Crippen LogP contribution in [0.15, 0.2) is 24.5 Å². The van der Waals surface area contributed by atoms with Gasteiger partial charge in [-0.25, -0.2) is 14.8 Å². The van der Waals surface area contributed by atoms with E-state index in [2.05, 4.69) is 20.3 Å². The molecule has 0 saturated heterocycles. The summed E-state index contributed by atoms with van der Waals surface area (Å²) in [6, 6.07) is 3.90. The Kier molecular flexibility index (Phi) is 4.81. The highest BCUT2D eigenvalue weighted by molar-refractivity contribution is 5.90. The smallest absolute Gasteiger partial charge is 0.341 e. The zero-order valence-corrected chi connectivity index (χ0v) is 12.4. The van der Waals surface area contributed by atoms with Crippen LogP contribution in [0.1, 0.15) is 34.2 Å². The lowest BCUT2D eigenvalue weighted by atomic mass is 10.2. The lowest BCUT2D eigenvalue weighted by Gasteiger charge is -2.09. The Labute approximate surface area is 123 Å². The summed E-state index contributed by atoms with van der Waals surface area (Å²) < 4.78 is 4.94. The van der Waals surface area contributed by atoms with Gasteiger partial charge in [-0.05, 0) is 32.4 Å². The van der Waals surface area contributed by atoms with Gasteiger partial charge in [0.1, 0.15) is 0 Å². The average Bonchev–Trinajstić information content (AvgIpc) is 2.46. The predicted octanol–water partition coefficient (Wildman–Crippen LogP) is 2.28. The number of esters is 1. The van der Waals surface area contributed by atoms with Gasteiger partial charge in [0, 0.05) is 12.4 Å². The maximum absolute atomic E-state index is 11.7. The third kappa shape index (κ3) is 3.75. The molecule has 0 aliphatic carbocycles. The number of aryl methyl sites for hydroxylation is 2. The first-order valence-corrected chi connectivity index (χ1v) is 6.77. The first kappa shape index (κ1) is 14.9. The maximum Gasteiger partial charge on any atom is 0.341 e. The quantitative estimate of drug-likeness (QED) is 0.850. The minimum atomic E-state index is -0.401. The normalized spacial score (nSPS) is 10.2. The topological polar surface area (TPSA) is 77.0 Å². The van der Waals surface area contributed by atoms with Crippen molar-refractivity contribution in [2.45, 2.75) is 27.3 Å². The van der Waals surface area contributed by atoms with Crippen molar-refractivity contribution >= 4 is 11.9 Å². The van der Waals surface area contributed by atoms with E-state index in [0.29, 0.717) is 30.4 Å². The molecule has 0 fully saturated rings. The molecule has 1 N–H and O–H groups in total. The number of ether oxygens (including phenoxy) is 1. The molecular formula is C15H18N4O2. The molecule has 0 amide bonds. The van der Waals surface area contributed by atoms with Crippen molar-refractivity contribution in [3.05, 3.63) is 47.0 Å². The second-order valence-electron chi connectivity index (χ2n) is 4.53. The van der Waals surface area contributed by atoms with Gasteiger partial charge in [-0.15, -0.1) is 0 Å². The highest BCUT2D eigenvalue weighted by Crippen LogP contribution is 2.10. The molecule has 6 heteroatoms. The summed E-state index contributed by atoms with van der Waals surface area (Å²) in [5.41, 5.74) is 3.01. The number of nitrogens with zero attached hydrogens (tertiary/aromatic N) is 3. The van der Waals surface area contributed by atoms with Gasteiger partial charge in [-0.1, -0.05) is 6.07 Å². The molecule has 2 heterocycles. The third-order valence-corrected chi connectivity index (χ3v) is 3.01. The molecule has 110 valence electrons. The second-order valence-corrected chi connectivity index (χ2v) is 4.53. The van der Waals surface area contributed by atoms with Gasteiger partial charge in [0.15, 0.2) is 0 Å². The van der Waals surface area contributed by atoms with E-state index in [-0.39, 0.29) is 0 Å². The molecule has 0 saturated carbocycles. The Balaban J connectivity index is 2.07. The minimum Gasteiger partial charge on any atom is -0.462 e. The summed E-state index contributed by atoms with van der Waals surface area (Å²) in [5.74, 6) is 0.0627. The van der Waals surface area contributed by atoms with Gasteiger partial charge in [0.2, 0.25) is 5.95 Å². The van der Waals surface area contributed by atoms with E-state index in [0.717, 1.165) is 11.3 Å². The van der Waals surface area contributed by atoms with Crippen molar-refractivity contribution in [1.82, 2.24) is 15.0 Å². The van der Waals surface area contributed by atoms with Crippen LogP contribution in [0.4, 0.5) is 5.95 Å². The van der Waals surface area contributed by atoms with Gasteiger partial charge >= 0.3 is 5.97 Å². The number of hydrogen-bond acceptors (Lipinski definition) is 6. The molecule has 0 aliphatic rings. The lowest BCUT2D eigenvalue weighted by Crippen LogP contribution is -2.12. The van der Waals surface area contributed by atoms with Gasteiger partial charge in [-0.2, -0.15) is 0 Å². The number of hydrogen-bond donors (Lipinski definition) is 1. The monoisotopic (exact) mass is 286 g/mol. The summed E-state index contributed by atoms with van der Waals surface area (Å²) in [6.45, 7) is 6.38.